The van der Waals surface area contributed by atoms with Crippen LogP contribution in [-0.2, 0) is 23.6 Å². The zero-order valence-electron chi connectivity index (χ0n) is 31.8. The molecule has 0 aliphatic heterocycles. The molecule has 278 valence electrons. The van der Waals surface area contributed by atoms with Crippen LogP contribution in [-0.4, -0.2) is 37.5 Å². The molecule has 0 aliphatic rings. The number of rotatable bonds is 36. The molecule has 0 rings (SSSR count). The van der Waals surface area contributed by atoms with E-state index < -0.39 is 19.6 Å². The molecule has 47 heavy (non-hydrogen) atoms. The fourth-order valence-electron chi connectivity index (χ4n) is 6.02. The van der Waals surface area contributed by atoms with Crippen LogP contribution in [0.25, 0.3) is 0 Å². The first-order valence-electron chi connectivity index (χ1n) is 20.6. The van der Waals surface area contributed by atoms with Crippen LogP contribution in [0.1, 0.15) is 233 Å². The number of carbonyl (C=O) groups is 3. The van der Waals surface area contributed by atoms with Gasteiger partial charge < -0.3 is 0 Å². The van der Waals surface area contributed by atoms with Crippen molar-refractivity contribution in [3.05, 3.63) is 0 Å². The van der Waals surface area contributed by atoms with Crippen LogP contribution in [0.3, 0.4) is 0 Å². The van der Waals surface area contributed by atoms with Gasteiger partial charge >= 0.3 is 278 Å². The predicted molar refractivity (Wildman–Crippen MR) is 199 cm³/mol. The maximum atomic E-state index is 13.1. The zero-order chi connectivity index (χ0) is 34.7. The van der Waals surface area contributed by atoms with Crippen LogP contribution in [0.2, 0.25) is 4.44 Å². The van der Waals surface area contributed by atoms with Gasteiger partial charge in [-0.15, -0.1) is 0 Å². The van der Waals surface area contributed by atoms with E-state index in [4.69, 9.17) is 9.22 Å². The Morgan fingerprint density at radius 3 is 0.766 bits per heavy atom. The summed E-state index contributed by atoms with van der Waals surface area (Å²) in [4.78, 5) is 39.3. The van der Waals surface area contributed by atoms with Gasteiger partial charge in [-0.3, -0.25) is 0 Å². The van der Waals surface area contributed by atoms with Gasteiger partial charge in [-0.2, -0.15) is 0 Å². The Labute approximate surface area is 297 Å². The minimum absolute atomic E-state index is 0.284. The Balaban J connectivity index is 4.97. The first-order chi connectivity index (χ1) is 22.9. The minimum Gasteiger partial charge on any atom is -0.0654 e. The Kier molecular flexibility index (Phi) is 34.5. The molecule has 0 amide bonds. The van der Waals surface area contributed by atoms with Crippen LogP contribution in [0.4, 0.5) is 0 Å². The second kappa shape index (κ2) is 35.0. The molecule has 0 heterocycles. The predicted octanol–water partition coefficient (Wildman–Crippen LogP) is 13.1. The molecule has 0 aliphatic carbocycles. The van der Waals surface area contributed by atoms with Crippen LogP contribution < -0.4 is 0 Å². The molecule has 0 aromatic heterocycles. The fraction of sp³-hybridized carbons (Fsp3) is 0.925. The molecule has 6 nitrogen and oxygen atoms in total. The topological polar surface area (TPSA) is 78.9 Å². The van der Waals surface area contributed by atoms with E-state index in [0.717, 1.165) is 64.2 Å². The van der Waals surface area contributed by atoms with E-state index >= 15 is 0 Å². The summed E-state index contributed by atoms with van der Waals surface area (Å²) in [7, 11) is 0. The number of carbonyl (C=O) groups excluding carboxylic acids is 3. The summed E-state index contributed by atoms with van der Waals surface area (Å²) in [6, 6.07) is 0. The first-order valence-corrected chi connectivity index (χ1v) is 26.1. The third-order valence-corrected chi connectivity index (χ3v) is 16.5. The summed E-state index contributed by atoms with van der Waals surface area (Å²) in [6.07, 6.45) is 33.8. The molecule has 0 spiro atoms. The molecule has 0 aromatic carbocycles. The van der Waals surface area contributed by atoms with Crippen LogP contribution >= 0.6 is 0 Å². The van der Waals surface area contributed by atoms with Crippen molar-refractivity contribution in [1.82, 2.24) is 0 Å². The SMILES string of the molecule is CCCCCCCCCCCC(=O)[O][Sn]([CH2]CCC)([O]C(=O)CCCCCCCCCCC)[O]C(=O)CCCCCCCCCCC. The van der Waals surface area contributed by atoms with Crippen LogP contribution in [0, 0.1) is 0 Å². The molecule has 7 heteroatoms. The monoisotopic (exact) mass is 774 g/mol. The summed E-state index contributed by atoms with van der Waals surface area (Å²) in [5.74, 6) is -1.11. The van der Waals surface area contributed by atoms with E-state index in [1.807, 2.05) is 0 Å². The van der Waals surface area contributed by atoms with Crippen molar-refractivity contribution in [3.63, 3.8) is 0 Å². The normalized spacial score (nSPS) is 11.5. The maximum absolute atomic E-state index is 13.1. The van der Waals surface area contributed by atoms with Gasteiger partial charge in [0.25, 0.3) is 0 Å². The molecular formula is C40H78O6Sn. The standard InChI is InChI=1S/3C12H24O2.C4H9.Sn/c3*1-2-3-4-5-6-7-8-9-10-11-12(13)14;1-3-4-2;/h3*2-11H2,1H3,(H,13,14);1,3-4H2,2H3;/q;;;;+3/p-3. The summed E-state index contributed by atoms with van der Waals surface area (Å²) < 4.78 is 18.4. The van der Waals surface area contributed by atoms with E-state index in [1.54, 1.807) is 0 Å². The Bertz CT molecular complexity index is 639. The third kappa shape index (κ3) is 31.0. The number of unbranched alkanes of at least 4 members (excludes halogenated alkanes) is 25. The molecule has 0 saturated heterocycles. The summed E-state index contributed by atoms with van der Waals surface area (Å²) >= 11 is -4.80. The van der Waals surface area contributed by atoms with Crippen molar-refractivity contribution >= 4 is 37.5 Å². The van der Waals surface area contributed by atoms with Crippen LogP contribution in [0.5, 0.6) is 0 Å². The van der Waals surface area contributed by atoms with Gasteiger partial charge in [-0.05, 0) is 0 Å². The molecule has 0 fully saturated rings. The quantitative estimate of drug-likeness (QED) is 0.0466. The molecule has 0 atom stereocenters. The van der Waals surface area contributed by atoms with Gasteiger partial charge in [0.1, 0.15) is 0 Å². The second-order valence-electron chi connectivity index (χ2n) is 13.9. The van der Waals surface area contributed by atoms with E-state index in [2.05, 4.69) is 27.7 Å². The Morgan fingerprint density at radius 2 is 0.532 bits per heavy atom. The van der Waals surface area contributed by atoms with Crippen molar-refractivity contribution in [2.75, 3.05) is 0 Å². The van der Waals surface area contributed by atoms with Gasteiger partial charge in [0.05, 0.1) is 0 Å². The molecule has 0 aromatic rings. The summed E-state index contributed by atoms with van der Waals surface area (Å²) in [5, 5.41) is 0. The van der Waals surface area contributed by atoms with E-state index in [-0.39, 0.29) is 37.2 Å². The van der Waals surface area contributed by atoms with Crippen molar-refractivity contribution in [2.45, 2.75) is 238 Å². The molecule has 0 radical (unpaired) electrons. The summed E-state index contributed by atoms with van der Waals surface area (Å²) in [5.41, 5.74) is 0. The fourth-order valence-corrected chi connectivity index (χ4v) is 13.3. The average molecular weight is 774 g/mol. The van der Waals surface area contributed by atoms with Crippen molar-refractivity contribution in [1.29, 1.82) is 0 Å². The van der Waals surface area contributed by atoms with Crippen molar-refractivity contribution in [2.24, 2.45) is 0 Å². The minimum atomic E-state index is -4.80. The smallest absolute Gasteiger partial charge is 0.0654 e. The van der Waals surface area contributed by atoms with Gasteiger partial charge in [0.2, 0.25) is 0 Å². The molecule has 0 saturated carbocycles. The number of hydrogen-bond donors (Lipinski definition) is 0. The van der Waals surface area contributed by atoms with Crippen LogP contribution in [0.15, 0.2) is 0 Å². The summed E-state index contributed by atoms with van der Waals surface area (Å²) in [6.45, 7) is 8.75. The van der Waals surface area contributed by atoms with Gasteiger partial charge in [-0.1, -0.05) is 20.8 Å². The molecular weight excluding hydrogens is 695 g/mol. The van der Waals surface area contributed by atoms with Gasteiger partial charge in [-0.25, -0.2) is 0 Å². The zero-order valence-corrected chi connectivity index (χ0v) is 34.6. The molecule has 0 bridgehead atoms. The van der Waals surface area contributed by atoms with E-state index in [9.17, 15) is 14.4 Å². The van der Waals surface area contributed by atoms with Crippen molar-refractivity contribution in [3.8, 4) is 0 Å². The Morgan fingerprint density at radius 1 is 0.319 bits per heavy atom. The molecule has 0 N–H and O–H groups in total. The third-order valence-electron chi connectivity index (χ3n) is 9.10. The second-order valence-corrected chi connectivity index (χ2v) is 21.0. The van der Waals surface area contributed by atoms with Gasteiger partial charge in [0.15, 0.2) is 0 Å². The van der Waals surface area contributed by atoms with E-state index in [0.29, 0.717) is 10.9 Å². The van der Waals surface area contributed by atoms with Gasteiger partial charge in [0, 0.05) is 0 Å². The van der Waals surface area contributed by atoms with E-state index in [1.165, 1.54) is 116 Å². The number of hydrogen-bond acceptors (Lipinski definition) is 6. The molecule has 0 unspecified atom stereocenters. The Hall–Kier alpha value is -0.791. The average Bonchev–Trinajstić information content (AvgIpc) is 3.05. The van der Waals surface area contributed by atoms with Crippen molar-refractivity contribution < 1.29 is 23.6 Å². The first kappa shape index (κ1) is 46.2.